The molecule has 3 nitrogen and oxygen atoms in total. The van der Waals surface area contributed by atoms with Crippen LogP contribution < -0.4 is 5.73 Å². The first-order chi connectivity index (χ1) is 3.27. The Balaban J connectivity index is 0. The molecule has 0 spiro atoms. The summed E-state index contributed by atoms with van der Waals surface area (Å²) in [7, 11) is 1.72. The minimum absolute atomic E-state index is 0.500. The van der Waals surface area contributed by atoms with Gasteiger partial charge in [0, 0.05) is 0 Å². The van der Waals surface area contributed by atoms with Gasteiger partial charge in [-0.1, -0.05) is 0 Å². The van der Waals surface area contributed by atoms with Crippen molar-refractivity contribution in [2.45, 2.75) is 0 Å². The van der Waals surface area contributed by atoms with Gasteiger partial charge in [0.1, 0.15) is 0 Å². The molecule has 0 heterocycles. The van der Waals surface area contributed by atoms with E-state index in [9.17, 15) is 9.18 Å². The predicted molar refractivity (Wildman–Crippen MR) is 23.6 cm³/mol. The number of methoxy groups -OCH3 is 1. The Bertz CT molecular complexity index is 48.2. The van der Waals surface area contributed by atoms with E-state index in [2.05, 4.69) is 10.5 Å². The number of carbonyl (C=O) groups excluding carboxylic acids is 1. The average Bonchev–Trinajstić information content (AvgIpc) is 1.73. The molecule has 0 saturated carbocycles. The second kappa shape index (κ2) is 8.96. The molecule has 0 rings (SSSR count). The van der Waals surface area contributed by atoms with Crippen LogP contribution in [0.25, 0.3) is 0 Å². The Hall–Kier alpha value is -0.800. The molecule has 0 aliphatic carbocycles. The fourth-order valence-electron chi connectivity index (χ4n) is 0. The summed E-state index contributed by atoms with van der Waals surface area (Å²) in [5.41, 5.74) is 4.43. The third kappa shape index (κ3) is 37.0. The molecule has 0 aromatic carbocycles. The lowest BCUT2D eigenvalue weighted by Crippen LogP contribution is -2.08. The minimum Gasteiger partial charge on any atom is -0.453 e. The topological polar surface area (TPSA) is 52.3 Å². The Morgan fingerprint density at radius 1 is 1.71 bits per heavy atom. The maximum Gasteiger partial charge on any atom is 0.404 e. The number of nitrogens with two attached hydrogens (primary N) is 1. The van der Waals surface area contributed by atoms with Crippen molar-refractivity contribution < 1.29 is 13.9 Å². The number of hydrogen-bond donors (Lipinski definition) is 1. The van der Waals surface area contributed by atoms with E-state index in [-0.39, 0.29) is 0 Å². The molecule has 4 heteroatoms. The van der Waals surface area contributed by atoms with Crippen LogP contribution in [0.1, 0.15) is 0 Å². The highest BCUT2D eigenvalue weighted by molar-refractivity contribution is 5.64. The molecule has 0 atom stereocenters. The second-order valence-corrected chi connectivity index (χ2v) is 0.523. The highest BCUT2D eigenvalue weighted by atomic mass is 19.1. The molecular formula is C3H8FNO2. The van der Waals surface area contributed by atoms with Crippen LogP contribution in [0.4, 0.5) is 9.18 Å². The summed E-state index contributed by atoms with van der Waals surface area (Å²) in [5.74, 6) is 0. The summed E-state index contributed by atoms with van der Waals surface area (Å²) in [6.45, 7) is 0. The van der Waals surface area contributed by atoms with Crippen LogP contribution in [-0.2, 0) is 4.74 Å². The smallest absolute Gasteiger partial charge is 0.404 e. The summed E-state index contributed by atoms with van der Waals surface area (Å²) < 4.78 is 13.4. The first-order valence-corrected chi connectivity index (χ1v) is 1.48. The first-order valence-electron chi connectivity index (χ1n) is 1.48. The number of amides is 1. The number of primary amides is 1. The van der Waals surface area contributed by atoms with Gasteiger partial charge in [-0.2, -0.15) is 0 Å². The molecule has 0 aliphatic rings. The zero-order chi connectivity index (χ0) is 6.28. The van der Waals surface area contributed by atoms with Gasteiger partial charge in [0.15, 0.2) is 0 Å². The van der Waals surface area contributed by atoms with E-state index in [0.717, 1.165) is 0 Å². The van der Waals surface area contributed by atoms with E-state index in [1.807, 2.05) is 0 Å². The molecular weight excluding hydrogens is 101 g/mol. The highest BCUT2D eigenvalue weighted by Gasteiger charge is 1.76. The van der Waals surface area contributed by atoms with Crippen LogP contribution in [-0.4, -0.2) is 20.4 Å². The molecule has 1 amide bonds. The lowest BCUT2D eigenvalue weighted by atomic mass is 11.3. The van der Waals surface area contributed by atoms with Crippen LogP contribution >= 0.6 is 0 Å². The lowest BCUT2D eigenvalue weighted by Gasteiger charge is -1.81. The lowest BCUT2D eigenvalue weighted by molar-refractivity contribution is 0.182. The van der Waals surface area contributed by atoms with Gasteiger partial charge in [0.2, 0.25) is 0 Å². The van der Waals surface area contributed by atoms with Crippen LogP contribution in [0.2, 0.25) is 0 Å². The largest absolute Gasteiger partial charge is 0.453 e. The van der Waals surface area contributed by atoms with Gasteiger partial charge in [0.05, 0.1) is 14.3 Å². The number of hydrogen-bond acceptors (Lipinski definition) is 2. The van der Waals surface area contributed by atoms with Crippen molar-refractivity contribution in [2.24, 2.45) is 5.73 Å². The molecule has 7 heavy (non-hydrogen) atoms. The number of halogens is 1. The monoisotopic (exact) mass is 109 g/mol. The zero-order valence-corrected chi connectivity index (χ0v) is 4.27. The maximum absolute atomic E-state index is 9.50. The fourth-order valence-corrected chi connectivity index (χ4v) is 0. The van der Waals surface area contributed by atoms with E-state index in [1.54, 1.807) is 0 Å². The van der Waals surface area contributed by atoms with Crippen molar-refractivity contribution in [1.82, 2.24) is 0 Å². The van der Waals surface area contributed by atoms with E-state index in [0.29, 0.717) is 7.18 Å². The predicted octanol–water partition coefficient (Wildman–Crippen LogP) is 0.297. The van der Waals surface area contributed by atoms with Crippen molar-refractivity contribution in [3.63, 3.8) is 0 Å². The van der Waals surface area contributed by atoms with Gasteiger partial charge in [-0.05, 0) is 0 Å². The van der Waals surface area contributed by atoms with Gasteiger partial charge in [-0.25, -0.2) is 4.79 Å². The van der Waals surface area contributed by atoms with E-state index in [4.69, 9.17) is 0 Å². The third-order valence-corrected chi connectivity index (χ3v) is 0.201. The van der Waals surface area contributed by atoms with Crippen molar-refractivity contribution >= 4 is 6.09 Å². The summed E-state index contributed by atoms with van der Waals surface area (Å²) in [5, 5.41) is 0. The Kier molecular flexibility index (Phi) is 12.2. The van der Waals surface area contributed by atoms with Crippen molar-refractivity contribution in [2.75, 3.05) is 14.3 Å². The van der Waals surface area contributed by atoms with Gasteiger partial charge in [-0.3, -0.25) is 4.39 Å². The average molecular weight is 109 g/mol. The summed E-state index contributed by atoms with van der Waals surface area (Å²) in [6, 6.07) is 0. The van der Waals surface area contributed by atoms with Crippen LogP contribution in [0.15, 0.2) is 0 Å². The van der Waals surface area contributed by atoms with Crippen LogP contribution in [0.5, 0.6) is 0 Å². The van der Waals surface area contributed by atoms with E-state index < -0.39 is 6.09 Å². The Morgan fingerprint density at radius 2 is 1.86 bits per heavy atom. The fraction of sp³-hybridized carbons (Fsp3) is 0.667. The Labute approximate surface area is 41.3 Å². The molecule has 0 radical (unpaired) electrons. The molecule has 0 saturated heterocycles. The molecule has 0 aromatic heterocycles. The van der Waals surface area contributed by atoms with Crippen LogP contribution in [0, 0.1) is 0 Å². The highest BCUT2D eigenvalue weighted by Crippen LogP contribution is 1.55. The number of alkyl halides is 1. The SMILES string of the molecule is CF.COC(N)=O. The quantitative estimate of drug-likeness (QED) is 0.486. The normalized spacial score (nSPS) is 5.57. The van der Waals surface area contributed by atoms with Gasteiger partial charge in [-0.15, -0.1) is 0 Å². The van der Waals surface area contributed by atoms with E-state index in [1.165, 1.54) is 7.11 Å². The molecule has 44 valence electrons. The van der Waals surface area contributed by atoms with Gasteiger partial charge >= 0.3 is 6.09 Å². The van der Waals surface area contributed by atoms with Crippen molar-refractivity contribution in [3.05, 3.63) is 0 Å². The first kappa shape index (κ1) is 9.50. The van der Waals surface area contributed by atoms with Gasteiger partial charge in [0.25, 0.3) is 0 Å². The number of rotatable bonds is 0. The summed E-state index contributed by atoms with van der Waals surface area (Å²) >= 11 is 0. The molecule has 0 aliphatic heterocycles. The standard InChI is InChI=1S/C2H5NO2.CH3F/c1-5-2(3)4;1-2/h1H3,(H2,3,4);1H3. The molecule has 0 bridgehead atoms. The zero-order valence-electron chi connectivity index (χ0n) is 4.27. The van der Waals surface area contributed by atoms with E-state index >= 15 is 0 Å². The minimum atomic E-state index is -0.745. The number of ether oxygens (including phenoxy) is 1. The van der Waals surface area contributed by atoms with Gasteiger partial charge < -0.3 is 10.5 Å². The number of carbonyl (C=O) groups is 1. The molecule has 0 fully saturated rings. The summed E-state index contributed by atoms with van der Waals surface area (Å²) in [4.78, 5) is 9.37. The maximum atomic E-state index is 9.50. The van der Waals surface area contributed by atoms with Crippen molar-refractivity contribution in [3.8, 4) is 0 Å². The van der Waals surface area contributed by atoms with Crippen LogP contribution in [0.3, 0.4) is 0 Å². The molecule has 0 unspecified atom stereocenters. The van der Waals surface area contributed by atoms with Crippen molar-refractivity contribution in [1.29, 1.82) is 0 Å². The third-order valence-electron chi connectivity index (χ3n) is 0.201. The Morgan fingerprint density at radius 3 is 1.86 bits per heavy atom. The molecule has 0 aromatic rings. The molecule has 2 N–H and O–H groups in total. The second-order valence-electron chi connectivity index (χ2n) is 0.523. The summed E-state index contributed by atoms with van der Waals surface area (Å²) in [6.07, 6.45) is -0.745.